The molecule has 1 aromatic heterocycles. The van der Waals surface area contributed by atoms with Crippen LogP contribution in [0.2, 0.25) is 0 Å². The van der Waals surface area contributed by atoms with Crippen LogP contribution in [-0.4, -0.2) is 35.7 Å². The quantitative estimate of drug-likeness (QED) is 0.773. The molecular formula is C14H16FNO2S2. The van der Waals surface area contributed by atoms with Crippen molar-refractivity contribution in [1.82, 2.24) is 5.32 Å². The summed E-state index contributed by atoms with van der Waals surface area (Å²) in [6, 6.07) is 6.31. The Morgan fingerprint density at radius 2 is 2.20 bits per heavy atom. The van der Waals surface area contributed by atoms with Crippen LogP contribution < -0.4 is 5.32 Å². The van der Waals surface area contributed by atoms with Crippen LogP contribution in [0, 0.1) is 5.82 Å². The molecule has 3 nitrogen and oxygen atoms in total. The number of carbonyl (C=O) groups excluding carboxylic acids is 1. The third-order valence-electron chi connectivity index (χ3n) is 2.68. The number of hydrogen-bond donors (Lipinski definition) is 2. The number of rotatable bonds is 7. The molecule has 0 aliphatic carbocycles. The molecule has 0 aliphatic heterocycles. The van der Waals surface area contributed by atoms with Gasteiger partial charge in [0.05, 0.1) is 4.88 Å². The van der Waals surface area contributed by atoms with E-state index in [0.29, 0.717) is 11.4 Å². The van der Waals surface area contributed by atoms with Gasteiger partial charge in [-0.05, 0) is 35.8 Å². The zero-order valence-electron chi connectivity index (χ0n) is 10.9. The number of amides is 1. The van der Waals surface area contributed by atoms with Crippen molar-refractivity contribution in [2.45, 2.75) is 6.42 Å². The Hall–Kier alpha value is -1.11. The first-order valence-corrected chi connectivity index (χ1v) is 8.34. The fourth-order valence-electron chi connectivity index (χ4n) is 1.71. The van der Waals surface area contributed by atoms with E-state index in [1.165, 1.54) is 23.5 Å². The largest absolute Gasteiger partial charge is 0.396 e. The lowest BCUT2D eigenvalue weighted by Crippen LogP contribution is -2.24. The molecule has 2 aromatic rings. The molecule has 0 atom stereocenters. The molecule has 0 radical (unpaired) electrons. The molecule has 6 heteroatoms. The second-order valence-electron chi connectivity index (χ2n) is 4.24. The average Bonchev–Trinajstić information content (AvgIpc) is 2.85. The predicted octanol–water partition coefficient (Wildman–Crippen LogP) is 2.89. The van der Waals surface area contributed by atoms with Gasteiger partial charge < -0.3 is 10.4 Å². The number of aliphatic hydroxyl groups is 1. The van der Waals surface area contributed by atoms with E-state index in [9.17, 15) is 9.18 Å². The van der Waals surface area contributed by atoms with Crippen molar-refractivity contribution in [3.05, 3.63) is 35.0 Å². The fourth-order valence-corrected chi connectivity index (χ4v) is 3.50. The molecule has 2 N–H and O–H groups in total. The number of hydrogen-bond acceptors (Lipinski definition) is 4. The molecular weight excluding hydrogens is 297 g/mol. The van der Waals surface area contributed by atoms with Crippen LogP contribution in [0.3, 0.4) is 0 Å². The third-order valence-corrected chi connectivity index (χ3v) is 4.85. The zero-order chi connectivity index (χ0) is 14.4. The summed E-state index contributed by atoms with van der Waals surface area (Å²) in [6.45, 7) is 0.801. The van der Waals surface area contributed by atoms with Crippen molar-refractivity contribution < 1.29 is 14.3 Å². The number of halogens is 1. The van der Waals surface area contributed by atoms with E-state index in [1.807, 2.05) is 0 Å². The second-order valence-corrected chi connectivity index (χ2v) is 6.55. The standard InChI is InChI=1S/C14H16FNO2S2/c15-11-3-2-10-8-13(20-12(10)9-11)14(18)16-4-7-19-6-1-5-17/h2-3,8-9,17H,1,4-7H2,(H,16,18). The zero-order valence-corrected chi connectivity index (χ0v) is 12.5. The second kappa shape index (κ2) is 7.61. The van der Waals surface area contributed by atoms with E-state index in [-0.39, 0.29) is 18.3 Å². The first-order valence-electron chi connectivity index (χ1n) is 6.36. The molecule has 0 aliphatic rings. The molecule has 0 bridgehead atoms. The molecule has 1 amide bonds. The lowest BCUT2D eigenvalue weighted by atomic mass is 10.2. The highest BCUT2D eigenvalue weighted by Gasteiger charge is 2.10. The number of carbonyl (C=O) groups is 1. The van der Waals surface area contributed by atoms with Crippen molar-refractivity contribution in [3.8, 4) is 0 Å². The maximum atomic E-state index is 13.1. The number of thioether (sulfide) groups is 1. The number of benzene rings is 1. The highest BCUT2D eigenvalue weighted by Crippen LogP contribution is 2.26. The lowest BCUT2D eigenvalue weighted by molar-refractivity contribution is 0.0960. The van der Waals surface area contributed by atoms with Gasteiger partial charge in [0, 0.05) is 23.6 Å². The summed E-state index contributed by atoms with van der Waals surface area (Å²) in [5.74, 6) is 1.32. The summed E-state index contributed by atoms with van der Waals surface area (Å²) in [5.41, 5.74) is 0. The van der Waals surface area contributed by atoms with Gasteiger partial charge in [-0.3, -0.25) is 4.79 Å². The van der Waals surface area contributed by atoms with Gasteiger partial charge in [-0.2, -0.15) is 11.8 Å². The Balaban J connectivity index is 1.85. The van der Waals surface area contributed by atoms with Crippen LogP contribution in [0.25, 0.3) is 10.1 Å². The monoisotopic (exact) mass is 313 g/mol. The van der Waals surface area contributed by atoms with Crippen LogP contribution in [0.15, 0.2) is 24.3 Å². The van der Waals surface area contributed by atoms with Crippen LogP contribution in [-0.2, 0) is 0 Å². The minimum Gasteiger partial charge on any atom is -0.396 e. The van der Waals surface area contributed by atoms with Gasteiger partial charge in [0.15, 0.2) is 0 Å². The molecule has 0 saturated carbocycles. The van der Waals surface area contributed by atoms with Crippen LogP contribution in [0.4, 0.5) is 4.39 Å². The Labute approximate surface area is 125 Å². The van der Waals surface area contributed by atoms with Gasteiger partial charge in [-0.15, -0.1) is 11.3 Å². The summed E-state index contributed by atoms with van der Waals surface area (Å²) in [6.07, 6.45) is 0.778. The van der Waals surface area contributed by atoms with Gasteiger partial charge in [0.25, 0.3) is 5.91 Å². The summed E-state index contributed by atoms with van der Waals surface area (Å²) >= 11 is 3.00. The van der Waals surface area contributed by atoms with Crippen molar-refractivity contribution >= 4 is 39.1 Å². The summed E-state index contributed by atoms with van der Waals surface area (Å²) in [4.78, 5) is 12.5. The molecule has 1 aromatic carbocycles. The molecule has 108 valence electrons. The topological polar surface area (TPSA) is 49.3 Å². The maximum absolute atomic E-state index is 13.1. The van der Waals surface area contributed by atoms with Crippen molar-refractivity contribution in [3.63, 3.8) is 0 Å². The molecule has 2 rings (SSSR count). The van der Waals surface area contributed by atoms with E-state index in [4.69, 9.17) is 5.11 Å². The molecule has 0 saturated heterocycles. The van der Waals surface area contributed by atoms with Crippen molar-refractivity contribution in [2.75, 3.05) is 24.7 Å². The first kappa shape index (κ1) is 15.3. The molecule has 1 heterocycles. The minimum absolute atomic E-state index is 0.116. The highest BCUT2D eigenvalue weighted by molar-refractivity contribution is 7.99. The van der Waals surface area contributed by atoms with E-state index >= 15 is 0 Å². The average molecular weight is 313 g/mol. The summed E-state index contributed by atoms with van der Waals surface area (Å²) in [7, 11) is 0. The first-order chi connectivity index (χ1) is 9.70. The van der Waals surface area contributed by atoms with Crippen LogP contribution >= 0.6 is 23.1 Å². The van der Waals surface area contributed by atoms with Crippen molar-refractivity contribution in [2.24, 2.45) is 0 Å². The number of aliphatic hydroxyl groups excluding tert-OH is 1. The number of thiophene rings is 1. The van der Waals surface area contributed by atoms with Gasteiger partial charge in [0.2, 0.25) is 0 Å². The number of nitrogens with one attached hydrogen (secondary N) is 1. The van der Waals surface area contributed by atoms with Gasteiger partial charge in [0.1, 0.15) is 5.82 Å². The highest BCUT2D eigenvalue weighted by atomic mass is 32.2. The third kappa shape index (κ3) is 4.19. The van der Waals surface area contributed by atoms with E-state index < -0.39 is 0 Å². The van der Waals surface area contributed by atoms with E-state index in [2.05, 4.69) is 5.32 Å². The van der Waals surface area contributed by atoms with Crippen molar-refractivity contribution in [1.29, 1.82) is 0 Å². The summed E-state index contributed by atoms with van der Waals surface area (Å²) < 4.78 is 13.9. The molecule has 0 spiro atoms. The van der Waals surface area contributed by atoms with E-state index in [1.54, 1.807) is 23.9 Å². The van der Waals surface area contributed by atoms with Gasteiger partial charge in [-0.25, -0.2) is 4.39 Å². The van der Waals surface area contributed by atoms with Crippen LogP contribution in [0.5, 0.6) is 0 Å². The van der Waals surface area contributed by atoms with Gasteiger partial charge in [-0.1, -0.05) is 6.07 Å². The smallest absolute Gasteiger partial charge is 0.261 e. The molecule has 0 fully saturated rings. The lowest BCUT2D eigenvalue weighted by Gasteiger charge is -2.02. The van der Waals surface area contributed by atoms with E-state index in [0.717, 1.165) is 28.0 Å². The normalized spacial score (nSPS) is 10.9. The minimum atomic E-state index is -0.286. The predicted molar refractivity (Wildman–Crippen MR) is 83.1 cm³/mol. The van der Waals surface area contributed by atoms with Gasteiger partial charge >= 0.3 is 0 Å². The Morgan fingerprint density at radius 1 is 1.35 bits per heavy atom. The molecule has 0 unspecified atom stereocenters. The van der Waals surface area contributed by atoms with Crippen LogP contribution in [0.1, 0.15) is 16.1 Å². The number of fused-ring (bicyclic) bond motifs is 1. The summed E-state index contributed by atoms with van der Waals surface area (Å²) in [5, 5.41) is 12.4. The SMILES string of the molecule is O=C(NCCSCCCO)c1cc2ccc(F)cc2s1. The molecule has 20 heavy (non-hydrogen) atoms. The fraction of sp³-hybridized carbons (Fsp3) is 0.357. The Morgan fingerprint density at radius 3 is 3.00 bits per heavy atom. The maximum Gasteiger partial charge on any atom is 0.261 e. The Bertz CT molecular complexity index is 586. The Kier molecular flexibility index (Phi) is 5.82.